The lowest BCUT2D eigenvalue weighted by atomic mass is 9.45. The van der Waals surface area contributed by atoms with Crippen LogP contribution in [0.4, 0.5) is 4.39 Å². The number of aliphatic hydroxyl groups is 1. The van der Waals surface area contributed by atoms with Crippen LogP contribution < -0.4 is 0 Å². The number of piperazine rings is 1. The number of amides is 2. The van der Waals surface area contributed by atoms with Crippen LogP contribution in [0.2, 0.25) is 0 Å². The molecule has 0 aromatic heterocycles. The predicted molar refractivity (Wildman–Crippen MR) is 212 cm³/mol. The van der Waals surface area contributed by atoms with E-state index in [1.807, 2.05) is 18.2 Å². The minimum atomic E-state index is -0.580. The quantitative estimate of drug-likeness (QED) is 0.249. The number of nitrogens with zero attached hydrogens (tertiary/aromatic N) is 3. The number of ketones is 1. The third-order valence-electron chi connectivity index (χ3n) is 15.3. The van der Waals surface area contributed by atoms with Crippen LogP contribution in [-0.2, 0) is 20.7 Å². The van der Waals surface area contributed by atoms with E-state index in [2.05, 4.69) is 18.8 Å². The molecule has 10 heteroatoms. The number of Topliss-reactive ketones (excluding diaryl/α,β-unsaturated/α-hetero) is 1. The van der Waals surface area contributed by atoms with Gasteiger partial charge < -0.3 is 24.4 Å². The molecule has 2 aliphatic heterocycles. The highest BCUT2D eigenvalue weighted by Crippen LogP contribution is 2.66. The van der Waals surface area contributed by atoms with Crippen molar-refractivity contribution < 1.29 is 33.4 Å². The molecule has 8 rings (SSSR count). The summed E-state index contributed by atoms with van der Waals surface area (Å²) < 4.78 is 27.4. The number of carbonyl (C=O) groups excluding carboxylic acids is 3. The third-order valence-corrected chi connectivity index (χ3v) is 15.3. The fourth-order valence-corrected chi connectivity index (χ4v) is 12.1. The molecule has 6 aliphatic rings. The molecule has 8 atom stereocenters. The number of carbonyl (C=O) groups is 3. The van der Waals surface area contributed by atoms with Gasteiger partial charge in [-0.1, -0.05) is 44.2 Å². The van der Waals surface area contributed by atoms with Gasteiger partial charge in [-0.25, -0.2) is 4.39 Å². The molecular weight excluding hydrogens is 710 g/mol. The average Bonchev–Trinajstić information content (AvgIpc) is 3.55. The summed E-state index contributed by atoms with van der Waals surface area (Å²) in [7, 11) is 0. The summed E-state index contributed by atoms with van der Waals surface area (Å²) in [4.78, 5) is 46.6. The first kappa shape index (κ1) is 39.4. The maximum absolute atomic E-state index is 15.0. The SMILES string of the molecule is C[C@]12CCC(O)C[C@@H]1CC[C@@H]1[C@@H]2CC[C@]2(C)[C@@H](OCCCOCCC(=O)N3CCN(C(=O)c4cc(CC5=NCC(=O)c6ccccc65)ccc4F)CC3)CC[C@@H]12. The number of benzene rings is 2. The van der Waals surface area contributed by atoms with Gasteiger partial charge in [-0.05, 0) is 116 Å². The van der Waals surface area contributed by atoms with Crippen LogP contribution in [0.15, 0.2) is 47.5 Å². The van der Waals surface area contributed by atoms with Crippen molar-refractivity contribution in [3.05, 3.63) is 70.5 Å². The zero-order valence-electron chi connectivity index (χ0n) is 33.4. The molecule has 1 unspecified atom stereocenters. The van der Waals surface area contributed by atoms with Crippen molar-refractivity contribution in [2.75, 3.05) is 52.5 Å². The van der Waals surface area contributed by atoms with Gasteiger partial charge in [0.1, 0.15) is 12.4 Å². The normalized spacial score (nSPS) is 32.6. The Labute approximate surface area is 331 Å². The highest BCUT2D eigenvalue weighted by molar-refractivity contribution is 6.15. The van der Waals surface area contributed by atoms with Crippen LogP contribution in [-0.4, -0.2) is 103 Å². The van der Waals surface area contributed by atoms with Crippen molar-refractivity contribution in [2.45, 2.75) is 103 Å². The van der Waals surface area contributed by atoms with E-state index < -0.39 is 5.82 Å². The van der Waals surface area contributed by atoms with E-state index in [1.54, 1.807) is 28.0 Å². The van der Waals surface area contributed by atoms with Gasteiger partial charge in [0.2, 0.25) is 5.91 Å². The molecule has 0 spiro atoms. The second-order valence-corrected chi connectivity index (χ2v) is 18.2. The Bertz CT molecular complexity index is 1830. The van der Waals surface area contributed by atoms with Crippen LogP contribution in [0.1, 0.15) is 116 Å². The van der Waals surface area contributed by atoms with E-state index in [9.17, 15) is 23.9 Å². The van der Waals surface area contributed by atoms with Crippen molar-refractivity contribution in [2.24, 2.45) is 39.5 Å². The first-order chi connectivity index (χ1) is 27.0. The van der Waals surface area contributed by atoms with E-state index in [-0.39, 0.29) is 47.6 Å². The molecule has 9 nitrogen and oxygen atoms in total. The van der Waals surface area contributed by atoms with Crippen molar-refractivity contribution >= 4 is 23.3 Å². The standard InChI is InChI=1S/C46H60FN3O6/c1-45-17-14-32(51)28-31(45)9-10-35-37-11-13-42(46(37,2)18-15-38(35)45)56-24-5-23-55-25-16-43(53)49-19-21-50(22-20-49)44(54)36-26-30(8-12-39(36)47)27-40-33-6-3-4-7-34(33)41(52)29-48-40/h3-4,6-8,12,26,31-32,35,37-38,42,51H,5,9-11,13-25,27-29H2,1-2H3/t31-,32?,35-,37-,38-,42-,45-,46-/m0/s1. The van der Waals surface area contributed by atoms with E-state index in [4.69, 9.17) is 9.47 Å². The lowest BCUT2D eigenvalue weighted by Crippen LogP contribution is -2.54. The summed E-state index contributed by atoms with van der Waals surface area (Å²) in [5.74, 6) is 2.03. The first-order valence-electron chi connectivity index (χ1n) is 21.4. The molecule has 1 saturated heterocycles. The molecule has 2 aromatic carbocycles. The van der Waals surface area contributed by atoms with Crippen LogP contribution in [0.25, 0.3) is 0 Å². The third kappa shape index (κ3) is 7.62. The van der Waals surface area contributed by atoms with Gasteiger partial charge in [0.05, 0.1) is 30.8 Å². The summed E-state index contributed by atoms with van der Waals surface area (Å²) >= 11 is 0. The van der Waals surface area contributed by atoms with E-state index in [1.165, 1.54) is 44.6 Å². The molecule has 2 amide bonds. The first-order valence-corrected chi connectivity index (χ1v) is 21.4. The Morgan fingerprint density at radius 1 is 0.875 bits per heavy atom. The Balaban J connectivity index is 0.735. The lowest BCUT2D eigenvalue weighted by molar-refractivity contribution is -0.141. The summed E-state index contributed by atoms with van der Waals surface area (Å²) in [5, 5.41) is 10.4. The zero-order valence-corrected chi connectivity index (χ0v) is 33.4. The van der Waals surface area contributed by atoms with E-state index in [0.29, 0.717) is 75.4 Å². The molecule has 56 heavy (non-hydrogen) atoms. The summed E-state index contributed by atoms with van der Waals surface area (Å²) in [5.41, 5.74) is 3.56. The Morgan fingerprint density at radius 3 is 2.45 bits per heavy atom. The van der Waals surface area contributed by atoms with Crippen molar-refractivity contribution in [3.63, 3.8) is 0 Å². The minimum Gasteiger partial charge on any atom is -0.393 e. The number of rotatable bonds is 11. The predicted octanol–water partition coefficient (Wildman–Crippen LogP) is 6.92. The Morgan fingerprint density at radius 2 is 1.62 bits per heavy atom. The number of hydrogen-bond acceptors (Lipinski definition) is 7. The molecule has 2 aromatic rings. The molecule has 302 valence electrons. The van der Waals surface area contributed by atoms with Gasteiger partial charge in [0, 0.05) is 62.7 Å². The fraction of sp³-hybridized carbons (Fsp3) is 0.652. The second-order valence-electron chi connectivity index (χ2n) is 18.2. The summed E-state index contributed by atoms with van der Waals surface area (Å²) in [6, 6.07) is 11.9. The van der Waals surface area contributed by atoms with Crippen LogP contribution in [0.3, 0.4) is 0 Å². The zero-order chi connectivity index (χ0) is 39.0. The van der Waals surface area contributed by atoms with Gasteiger partial charge in [-0.2, -0.15) is 0 Å². The van der Waals surface area contributed by atoms with Crippen molar-refractivity contribution in [3.8, 4) is 0 Å². The number of aliphatic hydroxyl groups excluding tert-OH is 1. The van der Waals surface area contributed by atoms with Gasteiger partial charge in [-0.15, -0.1) is 0 Å². The van der Waals surface area contributed by atoms with Gasteiger partial charge in [-0.3, -0.25) is 19.4 Å². The monoisotopic (exact) mass is 769 g/mol. The Hall–Kier alpha value is -3.47. The number of halogens is 1. The van der Waals surface area contributed by atoms with Crippen LogP contribution in [0.5, 0.6) is 0 Å². The van der Waals surface area contributed by atoms with E-state index >= 15 is 0 Å². The van der Waals surface area contributed by atoms with Crippen LogP contribution in [0, 0.1) is 40.3 Å². The topological polar surface area (TPSA) is 109 Å². The maximum atomic E-state index is 15.0. The van der Waals surface area contributed by atoms with Crippen molar-refractivity contribution in [1.82, 2.24) is 9.80 Å². The highest BCUT2D eigenvalue weighted by atomic mass is 19.1. The maximum Gasteiger partial charge on any atom is 0.256 e. The number of aliphatic imine (C=N–C) groups is 1. The van der Waals surface area contributed by atoms with Gasteiger partial charge in [0.15, 0.2) is 5.78 Å². The molecule has 4 saturated carbocycles. The minimum absolute atomic E-state index is 0.00127. The van der Waals surface area contributed by atoms with Crippen LogP contribution >= 0.6 is 0 Å². The number of hydrogen-bond donors (Lipinski definition) is 1. The molecule has 0 radical (unpaired) electrons. The molecular formula is C46H60FN3O6. The van der Waals surface area contributed by atoms with Crippen molar-refractivity contribution in [1.29, 1.82) is 0 Å². The summed E-state index contributed by atoms with van der Waals surface area (Å²) in [6.45, 7) is 8.17. The molecule has 4 aliphatic carbocycles. The van der Waals surface area contributed by atoms with Gasteiger partial charge >= 0.3 is 0 Å². The largest absolute Gasteiger partial charge is 0.393 e. The molecule has 5 fully saturated rings. The number of ether oxygens (including phenoxy) is 2. The smallest absolute Gasteiger partial charge is 0.256 e. The summed E-state index contributed by atoms with van der Waals surface area (Å²) in [6.07, 6.45) is 12.4. The average molecular weight is 770 g/mol. The highest BCUT2D eigenvalue weighted by Gasteiger charge is 2.60. The fourth-order valence-electron chi connectivity index (χ4n) is 12.1. The molecule has 0 bridgehead atoms. The van der Waals surface area contributed by atoms with E-state index in [0.717, 1.165) is 60.3 Å². The van der Waals surface area contributed by atoms with Gasteiger partial charge in [0.25, 0.3) is 5.91 Å². The number of fused-ring (bicyclic) bond motifs is 6. The lowest BCUT2D eigenvalue weighted by Gasteiger charge is -2.60. The molecule has 1 N–H and O–H groups in total. The second kappa shape index (κ2) is 16.4. The Kier molecular flexibility index (Phi) is 11.5. The molecule has 2 heterocycles.